The van der Waals surface area contributed by atoms with Crippen LogP contribution in [0.2, 0.25) is 0 Å². The van der Waals surface area contributed by atoms with E-state index in [4.69, 9.17) is 11.1 Å². The number of amidine groups is 1. The summed E-state index contributed by atoms with van der Waals surface area (Å²) in [6, 6.07) is 3.48. The molecule has 1 aliphatic rings. The number of alkyl halides is 3. The Bertz CT molecular complexity index is 525. The molecule has 3 N–H and O–H groups in total. The van der Waals surface area contributed by atoms with Crippen LogP contribution in [-0.4, -0.2) is 18.9 Å². The molecule has 3 nitrogen and oxygen atoms in total. The van der Waals surface area contributed by atoms with Gasteiger partial charge in [0.2, 0.25) is 0 Å². The predicted molar refractivity (Wildman–Crippen MR) is 77.7 cm³/mol. The summed E-state index contributed by atoms with van der Waals surface area (Å²) >= 11 is 0. The average molecular weight is 299 g/mol. The molecule has 0 radical (unpaired) electrons. The van der Waals surface area contributed by atoms with Crippen molar-refractivity contribution >= 4 is 11.5 Å². The van der Waals surface area contributed by atoms with E-state index in [1.54, 1.807) is 0 Å². The number of nitrogens with zero attached hydrogens (tertiary/aromatic N) is 1. The monoisotopic (exact) mass is 299 g/mol. The van der Waals surface area contributed by atoms with Crippen molar-refractivity contribution in [3.05, 3.63) is 29.3 Å². The summed E-state index contributed by atoms with van der Waals surface area (Å²) in [4.78, 5) is 2.04. The second-order valence-corrected chi connectivity index (χ2v) is 5.53. The van der Waals surface area contributed by atoms with Gasteiger partial charge in [0.1, 0.15) is 5.84 Å². The highest BCUT2D eigenvalue weighted by Gasteiger charge is 2.32. The normalized spacial score (nSPS) is 19.0. The molecule has 21 heavy (non-hydrogen) atoms. The minimum absolute atomic E-state index is 0.168. The van der Waals surface area contributed by atoms with Crippen molar-refractivity contribution in [1.29, 1.82) is 5.41 Å². The molecular formula is C15H20F3N3. The van der Waals surface area contributed by atoms with Gasteiger partial charge in [-0.3, -0.25) is 5.41 Å². The van der Waals surface area contributed by atoms with Crippen LogP contribution >= 0.6 is 0 Å². The van der Waals surface area contributed by atoms with Gasteiger partial charge in [-0.1, -0.05) is 13.3 Å². The Morgan fingerprint density at radius 3 is 2.71 bits per heavy atom. The molecule has 0 aliphatic carbocycles. The van der Waals surface area contributed by atoms with E-state index < -0.39 is 11.7 Å². The quantitative estimate of drug-likeness (QED) is 0.659. The topological polar surface area (TPSA) is 53.1 Å². The van der Waals surface area contributed by atoms with Crippen molar-refractivity contribution in [2.75, 3.05) is 18.0 Å². The Hall–Kier alpha value is -1.72. The first-order valence-corrected chi connectivity index (χ1v) is 7.13. The molecule has 1 heterocycles. The van der Waals surface area contributed by atoms with Gasteiger partial charge in [0, 0.05) is 24.3 Å². The van der Waals surface area contributed by atoms with E-state index >= 15 is 0 Å². The zero-order chi connectivity index (χ0) is 15.6. The molecule has 0 aromatic heterocycles. The Balaban J connectivity index is 2.30. The van der Waals surface area contributed by atoms with Gasteiger partial charge >= 0.3 is 6.18 Å². The number of rotatable bonds is 4. The molecule has 2 rings (SSSR count). The van der Waals surface area contributed by atoms with Crippen LogP contribution in [0.5, 0.6) is 0 Å². The summed E-state index contributed by atoms with van der Waals surface area (Å²) in [5.74, 6) is 0.243. The van der Waals surface area contributed by atoms with Crippen molar-refractivity contribution < 1.29 is 13.2 Å². The zero-order valence-corrected chi connectivity index (χ0v) is 12.0. The number of halogens is 3. The molecule has 0 bridgehead atoms. The largest absolute Gasteiger partial charge is 0.416 e. The highest BCUT2D eigenvalue weighted by Crippen LogP contribution is 2.34. The maximum absolute atomic E-state index is 12.8. The van der Waals surface area contributed by atoms with Crippen molar-refractivity contribution in [1.82, 2.24) is 0 Å². The SMILES string of the molecule is CCCC1CCN(c2ccc(C(F)(F)F)cc2C(=N)N)C1. The fourth-order valence-electron chi connectivity index (χ4n) is 2.90. The second kappa shape index (κ2) is 5.95. The predicted octanol–water partition coefficient (Wildman–Crippen LogP) is 3.62. The summed E-state index contributed by atoms with van der Waals surface area (Å²) in [5, 5.41) is 7.56. The molecule has 1 unspecified atom stereocenters. The Kier molecular flexibility index (Phi) is 4.44. The summed E-state index contributed by atoms with van der Waals surface area (Å²) in [6.45, 7) is 3.75. The lowest BCUT2D eigenvalue weighted by Crippen LogP contribution is -2.25. The smallest absolute Gasteiger partial charge is 0.384 e. The third-order valence-corrected chi connectivity index (χ3v) is 3.94. The van der Waals surface area contributed by atoms with E-state index in [0.29, 0.717) is 11.6 Å². The zero-order valence-electron chi connectivity index (χ0n) is 12.0. The Morgan fingerprint density at radius 1 is 1.43 bits per heavy atom. The maximum Gasteiger partial charge on any atom is 0.416 e. The van der Waals surface area contributed by atoms with Gasteiger partial charge in [0.25, 0.3) is 0 Å². The standard InChI is InChI=1S/C15H20F3N3/c1-2-3-10-6-7-21(9-10)13-5-4-11(15(16,17)18)8-12(13)14(19)20/h4-5,8,10H,2-3,6-7,9H2,1H3,(H3,19,20). The van der Waals surface area contributed by atoms with Crippen molar-refractivity contribution in [2.45, 2.75) is 32.4 Å². The molecule has 0 saturated carbocycles. The number of anilines is 1. The van der Waals surface area contributed by atoms with Gasteiger partial charge in [0.05, 0.1) is 5.56 Å². The second-order valence-electron chi connectivity index (χ2n) is 5.53. The van der Waals surface area contributed by atoms with Crippen LogP contribution in [-0.2, 0) is 6.18 Å². The minimum atomic E-state index is -4.42. The van der Waals surface area contributed by atoms with Gasteiger partial charge in [-0.05, 0) is 37.0 Å². The molecule has 0 spiro atoms. The first-order valence-electron chi connectivity index (χ1n) is 7.13. The molecule has 1 aromatic carbocycles. The van der Waals surface area contributed by atoms with Gasteiger partial charge in [-0.15, -0.1) is 0 Å². The van der Waals surface area contributed by atoms with Crippen LogP contribution in [0.4, 0.5) is 18.9 Å². The first kappa shape index (κ1) is 15.7. The Labute approximate surface area is 122 Å². The van der Waals surface area contributed by atoms with E-state index in [9.17, 15) is 13.2 Å². The highest BCUT2D eigenvalue weighted by atomic mass is 19.4. The summed E-state index contributed by atoms with van der Waals surface area (Å²) in [6.07, 6.45) is -1.16. The van der Waals surface area contributed by atoms with E-state index in [1.807, 2.05) is 4.90 Å². The fraction of sp³-hybridized carbons (Fsp3) is 0.533. The lowest BCUT2D eigenvalue weighted by atomic mass is 10.0. The molecular weight excluding hydrogens is 279 g/mol. The molecule has 1 aromatic rings. The minimum Gasteiger partial charge on any atom is -0.384 e. The molecule has 1 aliphatic heterocycles. The number of hydrogen-bond donors (Lipinski definition) is 2. The van der Waals surface area contributed by atoms with Crippen molar-refractivity contribution in [2.24, 2.45) is 11.7 Å². The van der Waals surface area contributed by atoms with Crippen molar-refractivity contribution in [3.63, 3.8) is 0 Å². The molecule has 116 valence electrons. The van der Waals surface area contributed by atoms with Gasteiger partial charge in [-0.25, -0.2) is 0 Å². The first-order chi connectivity index (χ1) is 9.82. The number of nitrogens with one attached hydrogen (secondary N) is 1. The third kappa shape index (κ3) is 3.49. The van der Waals surface area contributed by atoms with Crippen LogP contribution < -0.4 is 10.6 Å². The van der Waals surface area contributed by atoms with Gasteiger partial charge in [-0.2, -0.15) is 13.2 Å². The number of nitrogens with two attached hydrogens (primary N) is 1. The van der Waals surface area contributed by atoms with E-state index in [2.05, 4.69) is 6.92 Å². The summed E-state index contributed by atoms with van der Waals surface area (Å²) in [7, 11) is 0. The van der Waals surface area contributed by atoms with Gasteiger partial charge < -0.3 is 10.6 Å². The molecule has 1 fully saturated rings. The van der Waals surface area contributed by atoms with E-state index in [1.165, 1.54) is 6.07 Å². The van der Waals surface area contributed by atoms with Crippen LogP contribution in [0.1, 0.15) is 37.3 Å². The van der Waals surface area contributed by atoms with Crippen LogP contribution in [0, 0.1) is 11.3 Å². The lowest BCUT2D eigenvalue weighted by Gasteiger charge is -2.23. The fourth-order valence-corrected chi connectivity index (χ4v) is 2.90. The van der Waals surface area contributed by atoms with Crippen LogP contribution in [0.25, 0.3) is 0 Å². The summed E-state index contributed by atoms with van der Waals surface area (Å²) in [5.41, 5.74) is 5.52. The maximum atomic E-state index is 12.8. The van der Waals surface area contributed by atoms with Gasteiger partial charge in [0.15, 0.2) is 0 Å². The number of hydrogen-bond acceptors (Lipinski definition) is 2. The highest BCUT2D eigenvalue weighted by molar-refractivity contribution is 6.00. The molecule has 1 atom stereocenters. The molecule has 0 amide bonds. The van der Waals surface area contributed by atoms with Crippen LogP contribution in [0.15, 0.2) is 18.2 Å². The number of benzene rings is 1. The number of nitrogen functional groups attached to an aromatic ring is 1. The Morgan fingerprint density at radius 2 is 2.14 bits per heavy atom. The van der Waals surface area contributed by atoms with Crippen molar-refractivity contribution in [3.8, 4) is 0 Å². The average Bonchev–Trinajstić information content (AvgIpc) is 2.86. The lowest BCUT2D eigenvalue weighted by molar-refractivity contribution is -0.137. The summed E-state index contributed by atoms with van der Waals surface area (Å²) < 4.78 is 38.3. The third-order valence-electron chi connectivity index (χ3n) is 3.94. The van der Waals surface area contributed by atoms with Crippen LogP contribution in [0.3, 0.4) is 0 Å². The molecule has 1 saturated heterocycles. The van der Waals surface area contributed by atoms with E-state index in [0.717, 1.165) is 44.5 Å². The molecule has 6 heteroatoms. The van der Waals surface area contributed by atoms with E-state index in [-0.39, 0.29) is 11.4 Å².